The summed E-state index contributed by atoms with van der Waals surface area (Å²) in [4.78, 5) is 14.1. The number of nitrogens with zero attached hydrogens (tertiary/aromatic N) is 1. The number of hydrogen-bond donors (Lipinski definition) is 1. The average molecular weight is 239 g/mol. The number of carbonyl (C=O) groups is 1. The fourth-order valence-electron chi connectivity index (χ4n) is 3.72. The van der Waals surface area contributed by atoms with Crippen LogP contribution >= 0.6 is 0 Å². The van der Waals surface area contributed by atoms with Crippen molar-refractivity contribution >= 4 is 5.97 Å². The zero-order valence-electron chi connectivity index (χ0n) is 11.0. The molecular formula is C14H25NO2. The molecule has 1 heterocycles. The van der Waals surface area contributed by atoms with Gasteiger partial charge in [-0.15, -0.1) is 0 Å². The van der Waals surface area contributed by atoms with Crippen LogP contribution < -0.4 is 0 Å². The first-order chi connectivity index (χ1) is 8.19. The molecule has 0 aromatic carbocycles. The van der Waals surface area contributed by atoms with Gasteiger partial charge in [-0.3, -0.25) is 4.79 Å². The predicted octanol–water partition coefficient (Wildman–Crippen LogP) is 2.75. The van der Waals surface area contributed by atoms with E-state index in [0.29, 0.717) is 5.92 Å². The Hall–Kier alpha value is -0.570. The van der Waals surface area contributed by atoms with E-state index in [1.54, 1.807) is 0 Å². The van der Waals surface area contributed by atoms with Crippen LogP contribution in [0.5, 0.6) is 0 Å². The Bertz CT molecular complexity index is 263. The van der Waals surface area contributed by atoms with Gasteiger partial charge in [0.1, 0.15) is 0 Å². The molecule has 0 atom stereocenters. The highest BCUT2D eigenvalue weighted by Gasteiger charge is 2.47. The van der Waals surface area contributed by atoms with Crippen LogP contribution in [0.1, 0.15) is 51.9 Å². The summed E-state index contributed by atoms with van der Waals surface area (Å²) in [6.45, 7) is 5.16. The summed E-state index contributed by atoms with van der Waals surface area (Å²) in [5.41, 5.74) is -0.397. The van der Waals surface area contributed by atoms with E-state index in [9.17, 15) is 9.90 Å². The SMILES string of the molecule is CCN1CCC(C(=O)O)(C2CCCCC2)CC1. The van der Waals surface area contributed by atoms with E-state index in [1.165, 1.54) is 19.3 Å². The molecule has 3 heteroatoms. The molecule has 3 nitrogen and oxygen atoms in total. The van der Waals surface area contributed by atoms with Crippen molar-refractivity contribution in [3.8, 4) is 0 Å². The summed E-state index contributed by atoms with van der Waals surface area (Å²) in [6, 6.07) is 0. The van der Waals surface area contributed by atoms with Gasteiger partial charge < -0.3 is 10.0 Å². The normalized spacial score (nSPS) is 26.9. The minimum Gasteiger partial charge on any atom is -0.481 e. The first kappa shape index (κ1) is 12.9. The molecule has 0 radical (unpaired) electrons. The Morgan fingerprint density at radius 1 is 1.24 bits per heavy atom. The van der Waals surface area contributed by atoms with Crippen LogP contribution in [0.2, 0.25) is 0 Å². The van der Waals surface area contributed by atoms with Crippen molar-refractivity contribution in [2.45, 2.75) is 51.9 Å². The minimum absolute atomic E-state index is 0.397. The Labute approximate surface area is 104 Å². The Morgan fingerprint density at radius 3 is 2.29 bits per heavy atom. The zero-order valence-corrected chi connectivity index (χ0v) is 11.0. The summed E-state index contributed by atoms with van der Waals surface area (Å²) in [7, 11) is 0. The van der Waals surface area contributed by atoms with Gasteiger partial charge in [0.25, 0.3) is 0 Å². The molecular weight excluding hydrogens is 214 g/mol. The highest BCUT2D eigenvalue weighted by Crippen LogP contribution is 2.45. The second-order valence-electron chi connectivity index (χ2n) is 5.73. The van der Waals surface area contributed by atoms with Crippen molar-refractivity contribution in [3.05, 3.63) is 0 Å². The standard InChI is InChI=1S/C14H25NO2/c1-2-15-10-8-14(9-11-15,13(16)17)12-6-4-3-5-7-12/h12H,2-11H2,1H3,(H,16,17). The van der Waals surface area contributed by atoms with Gasteiger partial charge in [0.05, 0.1) is 5.41 Å². The molecule has 0 aromatic heterocycles. The van der Waals surface area contributed by atoms with Gasteiger partial charge >= 0.3 is 5.97 Å². The van der Waals surface area contributed by atoms with Gasteiger partial charge in [0.15, 0.2) is 0 Å². The number of likely N-dealkylation sites (tertiary alicyclic amines) is 1. The molecule has 0 spiro atoms. The van der Waals surface area contributed by atoms with Crippen molar-refractivity contribution in [3.63, 3.8) is 0 Å². The predicted molar refractivity (Wildman–Crippen MR) is 68.0 cm³/mol. The lowest BCUT2D eigenvalue weighted by Gasteiger charge is -2.44. The molecule has 2 fully saturated rings. The van der Waals surface area contributed by atoms with Crippen molar-refractivity contribution in [2.75, 3.05) is 19.6 Å². The van der Waals surface area contributed by atoms with Crippen LogP contribution in [0.4, 0.5) is 0 Å². The van der Waals surface area contributed by atoms with Crippen LogP contribution in [-0.2, 0) is 4.79 Å². The minimum atomic E-state index is -0.528. The smallest absolute Gasteiger partial charge is 0.310 e. The summed E-state index contributed by atoms with van der Waals surface area (Å²) < 4.78 is 0. The number of piperidine rings is 1. The molecule has 1 saturated carbocycles. The lowest BCUT2D eigenvalue weighted by Crippen LogP contribution is -2.48. The summed E-state index contributed by atoms with van der Waals surface area (Å²) in [5, 5.41) is 9.68. The number of rotatable bonds is 3. The van der Waals surface area contributed by atoms with E-state index in [2.05, 4.69) is 11.8 Å². The molecule has 0 aromatic rings. The quantitative estimate of drug-likeness (QED) is 0.823. The number of carboxylic acids is 1. The second-order valence-corrected chi connectivity index (χ2v) is 5.73. The molecule has 0 bridgehead atoms. The van der Waals surface area contributed by atoms with E-state index in [4.69, 9.17) is 0 Å². The van der Waals surface area contributed by atoms with Crippen LogP contribution in [0.15, 0.2) is 0 Å². The fraction of sp³-hybridized carbons (Fsp3) is 0.929. The maximum atomic E-state index is 11.8. The van der Waals surface area contributed by atoms with Gasteiger partial charge in [0.2, 0.25) is 0 Å². The summed E-state index contributed by atoms with van der Waals surface area (Å²) in [6.07, 6.45) is 7.76. The molecule has 2 aliphatic rings. The van der Waals surface area contributed by atoms with E-state index in [1.807, 2.05) is 0 Å². The third-order valence-electron chi connectivity index (χ3n) is 5.01. The Balaban J connectivity index is 2.07. The number of carboxylic acid groups (broad SMARTS) is 1. The van der Waals surface area contributed by atoms with E-state index < -0.39 is 11.4 Å². The lowest BCUT2D eigenvalue weighted by molar-refractivity contribution is -0.157. The number of aliphatic carboxylic acids is 1. The summed E-state index contributed by atoms with van der Waals surface area (Å²) in [5.74, 6) is -0.0899. The topological polar surface area (TPSA) is 40.5 Å². The molecule has 1 aliphatic heterocycles. The van der Waals surface area contributed by atoms with E-state index >= 15 is 0 Å². The molecule has 0 amide bonds. The van der Waals surface area contributed by atoms with Crippen LogP contribution in [0.3, 0.4) is 0 Å². The Kier molecular flexibility index (Phi) is 4.08. The van der Waals surface area contributed by atoms with Gasteiger partial charge in [-0.1, -0.05) is 26.2 Å². The monoisotopic (exact) mass is 239 g/mol. The van der Waals surface area contributed by atoms with E-state index in [0.717, 1.165) is 45.3 Å². The highest BCUT2D eigenvalue weighted by atomic mass is 16.4. The first-order valence-corrected chi connectivity index (χ1v) is 7.15. The van der Waals surface area contributed by atoms with Crippen LogP contribution in [0.25, 0.3) is 0 Å². The highest BCUT2D eigenvalue weighted by molar-refractivity contribution is 5.75. The molecule has 2 rings (SSSR count). The average Bonchev–Trinajstić information content (AvgIpc) is 2.39. The molecule has 98 valence electrons. The second kappa shape index (κ2) is 5.38. The molecule has 1 saturated heterocycles. The van der Waals surface area contributed by atoms with E-state index in [-0.39, 0.29) is 0 Å². The molecule has 0 unspecified atom stereocenters. The third kappa shape index (κ3) is 2.49. The van der Waals surface area contributed by atoms with Gasteiger partial charge in [-0.05, 0) is 51.2 Å². The van der Waals surface area contributed by atoms with Crippen LogP contribution in [-0.4, -0.2) is 35.6 Å². The van der Waals surface area contributed by atoms with Gasteiger partial charge in [0, 0.05) is 0 Å². The molecule has 1 N–H and O–H groups in total. The van der Waals surface area contributed by atoms with Gasteiger partial charge in [-0.2, -0.15) is 0 Å². The summed E-state index contributed by atoms with van der Waals surface area (Å²) >= 11 is 0. The largest absolute Gasteiger partial charge is 0.481 e. The van der Waals surface area contributed by atoms with Crippen molar-refractivity contribution < 1.29 is 9.90 Å². The van der Waals surface area contributed by atoms with Crippen molar-refractivity contribution in [2.24, 2.45) is 11.3 Å². The van der Waals surface area contributed by atoms with Crippen LogP contribution in [0, 0.1) is 11.3 Å². The van der Waals surface area contributed by atoms with Crippen molar-refractivity contribution in [1.82, 2.24) is 4.90 Å². The van der Waals surface area contributed by atoms with Gasteiger partial charge in [-0.25, -0.2) is 0 Å². The lowest BCUT2D eigenvalue weighted by atomic mass is 9.64. The van der Waals surface area contributed by atoms with Crippen molar-refractivity contribution in [1.29, 1.82) is 0 Å². The maximum Gasteiger partial charge on any atom is 0.310 e. The first-order valence-electron chi connectivity index (χ1n) is 7.15. The zero-order chi connectivity index (χ0) is 12.3. The molecule has 17 heavy (non-hydrogen) atoms. The Morgan fingerprint density at radius 2 is 1.82 bits per heavy atom. The molecule has 1 aliphatic carbocycles. The maximum absolute atomic E-state index is 11.8. The number of hydrogen-bond acceptors (Lipinski definition) is 2. The third-order valence-corrected chi connectivity index (χ3v) is 5.01. The fourth-order valence-corrected chi connectivity index (χ4v) is 3.72.